The molecule has 1 heterocycles. The van der Waals surface area contributed by atoms with Crippen LogP contribution >= 0.6 is 0 Å². The Morgan fingerprint density at radius 3 is 2.13 bits per heavy atom. The largest absolute Gasteiger partial charge is 0.457 e. The summed E-state index contributed by atoms with van der Waals surface area (Å²) in [4.78, 5) is 65.8. The SMILES string of the molecule is CC(C)(C)OC(=O)N1[C@@H]2C[C@@H]2C[C@H]1C(=O)OCC(=O)c1ccc(-c2ccc(C(=O)COC(=O)[C@H]3C[C@@H]4C[C@@H]4C3)cc2)c2c1CCC2. The molecule has 3 saturated carbocycles. The van der Waals surface area contributed by atoms with Gasteiger partial charge in [0.1, 0.15) is 11.6 Å². The second kappa shape index (κ2) is 11.7. The number of piperidine rings is 1. The van der Waals surface area contributed by atoms with Crippen molar-refractivity contribution < 1.29 is 38.2 Å². The van der Waals surface area contributed by atoms with Crippen LogP contribution in [0.15, 0.2) is 36.4 Å². The molecule has 0 spiro atoms. The Kier molecular flexibility index (Phi) is 7.76. The molecule has 0 unspecified atom stereocenters. The molecule has 0 aromatic heterocycles. The number of carbonyl (C=O) groups is 5. The first-order valence-electron chi connectivity index (χ1n) is 16.6. The summed E-state index contributed by atoms with van der Waals surface area (Å²) >= 11 is 0. The Labute approximate surface area is 268 Å². The summed E-state index contributed by atoms with van der Waals surface area (Å²) < 4.78 is 16.4. The predicted molar refractivity (Wildman–Crippen MR) is 167 cm³/mol. The highest BCUT2D eigenvalue weighted by molar-refractivity contribution is 6.01. The molecular weight excluding hydrogens is 586 g/mol. The summed E-state index contributed by atoms with van der Waals surface area (Å²) in [5.41, 5.74) is 4.36. The molecule has 46 heavy (non-hydrogen) atoms. The first-order chi connectivity index (χ1) is 22.0. The number of Topliss-reactive ketones (excluding diaryl/α,β-unsaturated/α-hetero) is 2. The van der Waals surface area contributed by atoms with Gasteiger partial charge in [-0.3, -0.25) is 19.3 Å². The Hall–Kier alpha value is -4.01. The zero-order chi connectivity index (χ0) is 32.3. The van der Waals surface area contributed by atoms with Crippen LogP contribution in [0.2, 0.25) is 0 Å². The Morgan fingerprint density at radius 1 is 0.739 bits per heavy atom. The second-order valence-corrected chi connectivity index (χ2v) is 14.7. The fourth-order valence-electron chi connectivity index (χ4n) is 7.87. The summed E-state index contributed by atoms with van der Waals surface area (Å²) in [5, 5.41) is 0. The van der Waals surface area contributed by atoms with Gasteiger partial charge in [-0.2, -0.15) is 0 Å². The minimum atomic E-state index is -0.737. The molecule has 9 heteroatoms. The van der Waals surface area contributed by atoms with E-state index in [4.69, 9.17) is 14.2 Å². The summed E-state index contributed by atoms with van der Waals surface area (Å²) in [6.07, 6.45) is 6.35. The van der Waals surface area contributed by atoms with Gasteiger partial charge in [0.25, 0.3) is 0 Å². The highest BCUT2D eigenvalue weighted by atomic mass is 16.6. The lowest BCUT2D eigenvalue weighted by molar-refractivity contribution is -0.148. The quantitative estimate of drug-likeness (QED) is 0.196. The van der Waals surface area contributed by atoms with Crippen molar-refractivity contribution in [1.29, 1.82) is 0 Å². The number of hydrogen-bond donors (Lipinski definition) is 0. The molecule has 1 aliphatic heterocycles. The van der Waals surface area contributed by atoms with Crippen molar-refractivity contribution in [1.82, 2.24) is 4.90 Å². The zero-order valence-corrected chi connectivity index (χ0v) is 26.7. The van der Waals surface area contributed by atoms with E-state index in [0.29, 0.717) is 29.4 Å². The first-order valence-corrected chi connectivity index (χ1v) is 16.6. The van der Waals surface area contributed by atoms with Gasteiger partial charge in [0, 0.05) is 17.2 Å². The third-order valence-electron chi connectivity index (χ3n) is 10.4. The molecule has 7 rings (SSSR count). The number of hydrogen-bond acceptors (Lipinski definition) is 8. The number of amides is 1. The van der Waals surface area contributed by atoms with E-state index >= 15 is 0 Å². The molecule has 1 saturated heterocycles. The van der Waals surface area contributed by atoms with E-state index < -0.39 is 23.7 Å². The molecule has 0 bridgehead atoms. The van der Waals surface area contributed by atoms with E-state index in [1.807, 2.05) is 18.2 Å². The average molecular weight is 628 g/mol. The van der Waals surface area contributed by atoms with E-state index in [-0.39, 0.29) is 48.6 Å². The second-order valence-electron chi connectivity index (χ2n) is 14.7. The lowest BCUT2D eigenvalue weighted by atomic mass is 9.91. The van der Waals surface area contributed by atoms with Crippen LogP contribution in [0, 0.1) is 23.7 Å². The summed E-state index contributed by atoms with van der Waals surface area (Å²) in [7, 11) is 0. The number of nitrogens with zero attached hydrogens (tertiary/aromatic N) is 1. The molecule has 2 aromatic rings. The Morgan fingerprint density at radius 2 is 1.41 bits per heavy atom. The average Bonchev–Trinajstić information content (AvgIpc) is 3.74. The van der Waals surface area contributed by atoms with Crippen LogP contribution in [-0.4, -0.2) is 65.4 Å². The van der Waals surface area contributed by atoms with Gasteiger partial charge in [0.05, 0.1) is 5.92 Å². The van der Waals surface area contributed by atoms with Crippen LogP contribution < -0.4 is 0 Å². The van der Waals surface area contributed by atoms with E-state index in [1.54, 1.807) is 39.0 Å². The van der Waals surface area contributed by atoms with E-state index in [1.165, 1.54) is 11.3 Å². The third-order valence-corrected chi connectivity index (χ3v) is 10.4. The minimum Gasteiger partial charge on any atom is -0.457 e. The maximum atomic E-state index is 13.3. The van der Waals surface area contributed by atoms with E-state index in [0.717, 1.165) is 60.8 Å². The van der Waals surface area contributed by atoms with E-state index in [9.17, 15) is 24.0 Å². The van der Waals surface area contributed by atoms with Gasteiger partial charge < -0.3 is 14.2 Å². The van der Waals surface area contributed by atoms with Gasteiger partial charge in [-0.15, -0.1) is 0 Å². The molecule has 0 radical (unpaired) electrons. The molecule has 4 aliphatic carbocycles. The fourth-order valence-corrected chi connectivity index (χ4v) is 7.87. The van der Waals surface area contributed by atoms with Crippen LogP contribution in [0.25, 0.3) is 11.1 Å². The fraction of sp³-hybridized carbons (Fsp3) is 0.541. The number of esters is 2. The molecule has 0 N–H and O–H groups in total. The van der Waals surface area contributed by atoms with Crippen LogP contribution in [-0.2, 0) is 36.6 Å². The van der Waals surface area contributed by atoms with Crippen molar-refractivity contribution in [3.8, 4) is 11.1 Å². The van der Waals surface area contributed by atoms with Crippen molar-refractivity contribution in [2.24, 2.45) is 23.7 Å². The lowest BCUT2D eigenvalue weighted by Crippen LogP contribution is -2.46. The van der Waals surface area contributed by atoms with Crippen molar-refractivity contribution in [2.45, 2.75) is 89.8 Å². The van der Waals surface area contributed by atoms with Crippen LogP contribution in [0.3, 0.4) is 0 Å². The van der Waals surface area contributed by atoms with Crippen molar-refractivity contribution in [3.05, 3.63) is 58.7 Å². The Bertz CT molecular complexity index is 1590. The molecular formula is C37H41NO8. The topological polar surface area (TPSA) is 116 Å². The van der Waals surface area contributed by atoms with Gasteiger partial charge in [0.2, 0.25) is 5.78 Å². The molecule has 242 valence electrons. The molecule has 6 atom stereocenters. The Balaban J connectivity index is 0.968. The number of fused-ring (bicyclic) bond motifs is 3. The van der Waals surface area contributed by atoms with E-state index in [2.05, 4.69) is 0 Å². The van der Waals surface area contributed by atoms with Crippen LogP contribution in [0.1, 0.15) is 91.1 Å². The molecule has 4 fully saturated rings. The summed E-state index contributed by atoms with van der Waals surface area (Å²) in [6, 6.07) is 10.2. The lowest BCUT2D eigenvalue weighted by Gasteiger charge is -2.29. The molecule has 9 nitrogen and oxygen atoms in total. The standard InChI is InChI=1S/C37H41NO8/c1-37(2,3)46-36(43)38-30-16-24(30)17-31(38)35(42)45-19-33(40)29-12-11-26(27-5-4-6-28(27)29)20-7-9-21(10-8-20)32(39)18-44-34(41)25-14-22-13-23(22)15-25/h7-12,22-25,30-31H,4-6,13-19H2,1-3H3/t22-,23+,24-,25-,30-,31+/m1/s1. The number of ether oxygens (including phenoxy) is 3. The van der Waals surface area contributed by atoms with Crippen molar-refractivity contribution >= 4 is 29.6 Å². The van der Waals surface area contributed by atoms with Gasteiger partial charge in [0.15, 0.2) is 19.0 Å². The van der Waals surface area contributed by atoms with Crippen molar-refractivity contribution in [3.63, 3.8) is 0 Å². The van der Waals surface area contributed by atoms with Gasteiger partial charge in [-0.1, -0.05) is 36.4 Å². The molecule has 1 amide bonds. The third kappa shape index (κ3) is 6.08. The maximum absolute atomic E-state index is 13.3. The smallest absolute Gasteiger partial charge is 0.411 e. The summed E-state index contributed by atoms with van der Waals surface area (Å²) in [5.74, 6) is 0.246. The van der Waals surface area contributed by atoms with Crippen molar-refractivity contribution in [2.75, 3.05) is 13.2 Å². The van der Waals surface area contributed by atoms with Gasteiger partial charge in [-0.25, -0.2) is 9.59 Å². The van der Waals surface area contributed by atoms with Gasteiger partial charge >= 0.3 is 18.0 Å². The zero-order valence-electron chi connectivity index (χ0n) is 26.7. The van der Waals surface area contributed by atoms with Crippen LogP contribution in [0.4, 0.5) is 4.79 Å². The normalized spacial score (nSPS) is 26.9. The number of rotatable bonds is 9. The number of ketones is 2. The monoisotopic (exact) mass is 627 g/mol. The highest BCUT2D eigenvalue weighted by Crippen LogP contribution is 2.54. The number of carbonyl (C=O) groups excluding carboxylic acids is 5. The maximum Gasteiger partial charge on any atom is 0.411 e. The number of likely N-dealkylation sites (tertiary alicyclic amines) is 1. The molecule has 5 aliphatic rings. The minimum absolute atomic E-state index is 0.00406. The molecule has 2 aromatic carbocycles. The van der Waals surface area contributed by atoms with Gasteiger partial charge in [-0.05, 0) is 112 Å². The highest BCUT2D eigenvalue weighted by Gasteiger charge is 2.57. The van der Waals surface area contributed by atoms with Crippen LogP contribution in [0.5, 0.6) is 0 Å². The summed E-state index contributed by atoms with van der Waals surface area (Å²) in [6.45, 7) is 4.73. The predicted octanol–water partition coefficient (Wildman–Crippen LogP) is 5.74. The first kappa shape index (κ1) is 30.6. The number of benzene rings is 2.